The fourth-order valence-corrected chi connectivity index (χ4v) is 5.08. The summed E-state index contributed by atoms with van der Waals surface area (Å²) in [4.78, 5) is 16.2. The highest BCUT2D eigenvalue weighted by Gasteiger charge is 2.49. The molecule has 0 spiro atoms. The summed E-state index contributed by atoms with van der Waals surface area (Å²) in [7, 11) is 0. The first-order valence-corrected chi connectivity index (χ1v) is 11.1. The normalized spacial score (nSPS) is 22.6. The Kier molecular flexibility index (Phi) is 4.90. The zero-order valence-corrected chi connectivity index (χ0v) is 17.7. The number of nitrogens with one attached hydrogen (secondary N) is 1. The van der Waals surface area contributed by atoms with Gasteiger partial charge in [-0.05, 0) is 79.8 Å². The number of hydrogen-bond donors (Lipinski definition) is 2. The number of carbonyl (C=O) groups is 1. The van der Waals surface area contributed by atoms with E-state index in [1.54, 1.807) is 0 Å². The van der Waals surface area contributed by atoms with Crippen molar-refractivity contribution in [2.75, 3.05) is 5.32 Å². The molecule has 1 aromatic heterocycles. The molecule has 2 saturated carbocycles. The molecule has 5 heteroatoms. The lowest BCUT2D eigenvalue weighted by molar-refractivity contribution is -0.120. The number of nitrogens with two attached hydrogens (primary N) is 1. The largest absolute Gasteiger partial charge is 0.382 e. The molecule has 3 aromatic rings. The molecule has 2 fully saturated rings. The third-order valence-electron chi connectivity index (χ3n) is 6.95. The average molecular weight is 420 g/mol. The lowest BCUT2D eigenvalue weighted by Gasteiger charge is -2.30. The van der Waals surface area contributed by atoms with Crippen molar-refractivity contribution in [2.24, 2.45) is 5.73 Å². The van der Waals surface area contributed by atoms with Gasteiger partial charge < -0.3 is 11.1 Å². The van der Waals surface area contributed by atoms with Crippen LogP contribution in [-0.4, -0.2) is 16.9 Å². The molecule has 3 N–H and O–H groups in total. The molecule has 0 saturated heterocycles. The summed E-state index contributed by atoms with van der Waals surface area (Å²) in [6.45, 7) is 0. The van der Waals surface area contributed by atoms with Gasteiger partial charge in [0.2, 0.25) is 5.91 Å². The highest BCUT2D eigenvalue weighted by atomic mass is 35.5. The van der Waals surface area contributed by atoms with Crippen LogP contribution < -0.4 is 11.1 Å². The zero-order valence-electron chi connectivity index (χ0n) is 16.9. The molecule has 0 unspecified atom stereocenters. The lowest BCUT2D eigenvalue weighted by Crippen LogP contribution is -2.28. The van der Waals surface area contributed by atoms with E-state index in [0.29, 0.717) is 17.0 Å². The molecule has 4 nitrogen and oxygen atoms in total. The van der Waals surface area contributed by atoms with Crippen LogP contribution in [0.3, 0.4) is 0 Å². The van der Waals surface area contributed by atoms with Gasteiger partial charge in [-0.25, -0.2) is 0 Å². The van der Waals surface area contributed by atoms with Gasteiger partial charge in [-0.3, -0.25) is 9.78 Å². The molecule has 0 radical (unpaired) electrons. The first-order valence-electron chi connectivity index (χ1n) is 10.8. The number of hydrogen-bond acceptors (Lipinski definition) is 3. The van der Waals surface area contributed by atoms with Gasteiger partial charge in [0.15, 0.2) is 0 Å². The van der Waals surface area contributed by atoms with Crippen molar-refractivity contribution < 1.29 is 4.79 Å². The van der Waals surface area contributed by atoms with Crippen LogP contribution in [-0.2, 0) is 10.2 Å². The third kappa shape index (κ3) is 3.54. The maximum absolute atomic E-state index is 11.8. The molecule has 2 aromatic carbocycles. The monoisotopic (exact) mass is 419 g/mol. The van der Waals surface area contributed by atoms with E-state index in [4.69, 9.17) is 17.3 Å². The second kappa shape index (κ2) is 7.59. The van der Waals surface area contributed by atoms with Crippen LogP contribution >= 0.6 is 11.6 Å². The van der Waals surface area contributed by atoms with Gasteiger partial charge in [0, 0.05) is 28.3 Å². The SMILES string of the molecule is NC(=O)C1(c2ccc(C3CCC(Nc4ccnc5cc(Cl)ccc45)CC3)cc2)CC1. The van der Waals surface area contributed by atoms with Gasteiger partial charge in [0.1, 0.15) is 0 Å². The number of anilines is 1. The number of carbonyl (C=O) groups excluding carboxylic acids is 1. The standard InChI is InChI=1S/C25H26ClN3O/c26-19-7-10-21-22(11-14-28-23(21)15-19)29-20-8-3-17(4-9-20)16-1-5-18(6-2-16)25(12-13-25)24(27)30/h1-2,5-7,10-11,14-15,17,20H,3-4,8-9,12-13H2,(H2,27,30)(H,28,29). The Labute approximate surface area is 181 Å². The Bertz CT molecular complexity index is 1080. The number of nitrogens with zero attached hydrogens (tertiary/aromatic N) is 1. The van der Waals surface area contributed by atoms with E-state index in [0.717, 1.165) is 60.7 Å². The number of amides is 1. The molecule has 154 valence electrons. The minimum Gasteiger partial charge on any atom is -0.382 e. The van der Waals surface area contributed by atoms with E-state index < -0.39 is 5.41 Å². The van der Waals surface area contributed by atoms with E-state index in [-0.39, 0.29) is 5.91 Å². The molecule has 1 amide bonds. The molecule has 0 bridgehead atoms. The molecule has 5 rings (SSSR count). The minimum absolute atomic E-state index is 0.187. The fourth-order valence-electron chi connectivity index (χ4n) is 4.91. The maximum atomic E-state index is 11.8. The summed E-state index contributed by atoms with van der Waals surface area (Å²) in [6, 6.07) is 17.0. The van der Waals surface area contributed by atoms with Gasteiger partial charge in [0.05, 0.1) is 10.9 Å². The van der Waals surface area contributed by atoms with E-state index in [1.807, 2.05) is 30.5 Å². The number of benzene rings is 2. The zero-order chi connectivity index (χ0) is 20.7. The van der Waals surface area contributed by atoms with E-state index in [1.165, 1.54) is 5.56 Å². The first-order chi connectivity index (χ1) is 14.5. The fraction of sp³-hybridized carbons (Fsp3) is 0.360. The van der Waals surface area contributed by atoms with Crippen molar-refractivity contribution in [1.29, 1.82) is 0 Å². The predicted molar refractivity (Wildman–Crippen MR) is 122 cm³/mol. The summed E-state index contributed by atoms with van der Waals surface area (Å²) >= 11 is 6.11. The lowest BCUT2D eigenvalue weighted by atomic mass is 9.81. The van der Waals surface area contributed by atoms with Crippen molar-refractivity contribution >= 4 is 34.1 Å². The first kappa shape index (κ1) is 19.4. The molecule has 30 heavy (non-hydrogen) atoms. The Balaban J connectivity index is 1.23. The third-order valence-corrected chi connectivity index (χ3v) is 7.18. The number of fused-ring (bicyclic) bond motifs is 1. The molecular weight excluding hydrogens is 394 g/mol. The molecule has 1 heterocycles. The Morgan fingerprint density at radius 2 is 1.77 bits per heavy atom. The van der Waals surface area contributed by atoms with Crippen molar-refractivity contribution in [3.05, 3.63) is 70.9 Å². The minimum atomic E-state index is -0.391. The number of aromatic nitrogens is 1. The van der Waals surface area contributed by atoms with Crippen molar-refractivity contribution in [1.82, 2.24) is 4.98 Å². The highest BCUT2D eigenvalue weighted by Crippen LogP contribution is 2.48. The van der Waals surface area contributed by atoms with Crippen LogP contribution in [0.15, 0.2) is 54.7 Å². The second-order valence-corrected chi connectivity index (χ2v) is 9.22. The average Bonchev–Trinajstić information content (AvgIpc) is 3.57. The Hall–Kier alpha value is -2.59. The van der Waals surface area contributed by atoms with Gasteiger partial charge in [-0.15, -0.1) is 0 Å². The molecule has 2 aliphatic rings. The van der Waals surface area contributed by atoms with Crippen LogP contribution in [0.2, 0.25) is 5.02 Å². The number of rotatable bonds is 5. The van der Waals surface area contributed by atoms with Crippen LogP contribution in [0.5, 0.6) is 0 Å². The van der Waals surface area contributed by atoms with Gasteiger partial charge in [-0.1, -0.05) is 35.9 Å². The number of primary amides is 1. The summed E-state index contributed by atoms with van der Waals surface area (Å²) in [6.07, 6.45) is 8.19. The summed E-state index contributed by atoms with van der Waals surface area (Å²) < 4.78 is 0. The second-order valence-electron chi connectivity index (χ2n) is 8.78. The highest BCUT2D eigenvalue weighted by molar-refractivity contribution is 6.31. The van der Waals surface area contributed by atoms with Gasteiger partial charge >= 0.3 is 0 Å². The van der Waals surface area contributed by atoms with Crippen molar-refractivity contribution in [3.63, 3.8) is 0 Å². The molecule has 0 atom stereocenters. The van der Waals surface area contributed by atoms with E-state index >= 15 is 0 Å². The van der Waals surface area contributed by atoms with Crippen LogP contribution in [0.25, 0.3) is 10.9 Å². The smallest absolute Gasteiger partial charge is 0.228 e. The summed E-state index contributed by atoms with van der Waals surface area (Å²) in [5, 5.41) is 5.55. The number of pyridine rings is 1. The van der Waals surface area contributed by atoms with Crippen LogP contribution in [0, 0.1) is 0 Å². The van der Waals surface area contributed by atoms with Crippen molar-refractivity contribution in [2.45, 2.75) is 55.9 Å². The van der Waals surface area contributed by atoms with Gasteiger partial charge in [-0.2, -0.15) is 0 Å². The van der Waals surface area contributed by atoms with E-state index in [9.17, 15) is 4.79 Å². The van der Waals surface area contributed by atoms with Crippen LogP contribution in [0.4, 0.5) is 5.69 Å². The Morgan fingerprint density at radius 3 is 2.43 bits per heavy atom. The summed E-state index contributed by atoms with van der Waals surface area (Å²) in [5.41, 5.74) is 9.73. The predicted octanol–water partition coefficient (Wildman–Crippen LogP) is 5.54. The molecule has 0 aliphatic heterocycles. The summed E-state index contributed by atoms with van der Waals surface area (Å²) in [5.74, 6) is 0.390. The number of halogens is 1. The van der Waals surface area contributed by atoms with Crippen LogP contribution in [0.1, 0.15) is 55.6 Å². The van der Waals surface area contributed by atoms with Gasteiger partial charge in [0.25, 0.3) is 0 Å². The Morgan fingerprint density at radius 1 is 1.03 bits per heavy atom. The molecule has 2 aliphatic carbocycles. The van der Waals surface area contributed by atoms with E-state index in [2.05, 4.69) is 34.6 Å². The quantitative estimate of drug-likeness (QED) is 0.570. The van der Waals surface area contributed by atoms with Crippen molar-refractivity contribution in [3.8, 4) is 0 Å². The molecular formula is C25H26ClN3O. The topological polar surface area (TPSA) is 68.0 Å². The maximum Gasteiger partial charge on any atom is 0.228 e.